The molecule has 0 amide bonds. The third-order valence-corrected chi connectivity index (χ3v) is 2.49. The van der Waals surface area contributed by atoms with Crippen molar-refractivity contribution in [2.24, 2.45) is 5.73 Å². The molecule has 0 spiro atoms. The summed E-state index contributed by atoms with van der Waals surface area (Å²) in [6.07, 6.45) is 0. The van der Waals surface area contributed by atoms with Crippen molar-refractivity contribution < 1.29 is 19.4 Å². The Morgan fingerprint density at radius 2 is 1.79 bits per heavy atom. The molecule has 0 aliphatic rings. The lowest BCUT2D eigenvalue weighted by Gasteiger charge is -2.23. The van der Waals surface area contributed by atoms with E-state index >= 15 is 0 Å². The molecule has 0 bridgehead atoms. The van der Waals surface area contributed by atoms with Crippen LogP contribution < -0.4 is 5.73 Å². The van der Waals surface area contributed by atoms with E-state index in [0.717, 1.165) is 0 Å². The zero-order valence-electron chi connectivity index (χ0n) is 11.3. The van der Waals surface area contributed by atoms with Gasteiger partial charge in [-0.25, -0.2) is 4.79 Å². The number of benzene rings is 1. The molecule has 0 heterocycles. The smallest absolute Gasteiger partial charge is 0.335 e. The SMILES string of the molecule is CC(C)(C)OC(=O)[C@H](CN)c1ccc(C(=O)O)cc1. The van der Waals surface area contributed by atoms with Crippen molar-refractivity contribution in [3.8, 4) is 0 Å². The molecule has 0 radical (unpaired) electrons. The van der Waals surface area contributed by atoms with Crippen molar-refractivity contribution in [2.45, 2.75) is 32.3 Å². The highest BCUT2D eigenvalue weighted by Crippen LogP contribution is 2.20. The molecule has 5 nitrogen and oxygen atoms in total. The first-order valence-electron chi connectivity index (χ1n) is 6.01. The fraction of sp³-hybridized carbons (Fsp3) is 0.429. The molecule has 0 unspecified atom stereocenters. The molecule has 1 aromatic carbocycles. The third kappa shape index (κ3) is 4.37. The number of carbonyl (C=O) groups excluding carboxylic acids is 1. The molecule has 0 saturated heterocycles. The summed E-state index contributed by atoms with van der Waals surface area (Å²) in [5, 5.41) is 8.82. The van der Waals surface area contributed by atoms with Gasteiger partial charge < -0.3 is 15.6 Å². The highest BCUT2D eigenvalue weighted by Gasteiger charge is 2.25. The zero-order valence-corrected chi connectivity index (χ0v) is 11.3. The van der Waals surface area contributed by atoms with Gasteiger partial charge in [-0.2, -0.15) is 0 Å². The third-order valence-electron chi connectivity index (χ3n) is 2.49. The summed E-state index contributed by atoms with van der Waals surface area (Å²) < 4.78 is 5.29. The lowest BCUT2D eigenvalue weighted by Crippen LogP contribution is -2.31. The largest absolute Gasteiger partial charge is 0.478 e. The van der Waals surface area contributed by atoms with Crippen LogP contribution in [-0.2, 0) is 9.53 Å². The number of hydrogen-bond acceptors (Lipinski definition) is 4. The summed E-state index contributed by atoms with van der Waals surface area (Å²) in [7, 11) is 0. The maximum Gasteiger partial charge on any atom is 0.335 e. The van der Waals surface area contributed by atoms with Crippen LogP contribution in [0.4, 0.5) is 0 Å². The Labute approximate surface area is 112 Å². The van der Waals surface area contributed by atoms with Crippen molar-refractivity contribution in [2.75, 3.05) is 6.54 Å². The van der Waals surface area contributed by atoms with E-state index in [0.29, 0.717) is 5.56 Å². The van der Waals surface area contributed by atoms with E-state index in [1.54, 1.807) is 32.9 Å². The predicted octanol–water partition coefficient (Wildman–Crippen LogP) is 1.77. The molecular weight excluding hydrogens is 246 g/mol. The Morgan fingerprint density at radius 3 is 2.16 bits per heavy atom. The summed E-state index contributed by atoms with van der Waals surface area (Å²) in [4.78, 5) is 22.7. The van der Waals surface area contributed by atoms with Crippen molar-refractivity contribution >= 4 is 11.9 Å². The molecule has 1 aromatic rings. The van der Waals surface area contributed by atoms with Gasteiger partial charge >= 0.3 is 11.9 Å². The summed E-state index contributed by atoms with van der Waals surface area (Å²) in [5.41, 5.74) is 5.85. The molecule has 19 heavy (non-hydrogen) atoms. The van der Waals surface area contributed by atoms with Crippen LogP contribution >= 0.6 is 0 Å². The van der Waals surface area contributed by atoms with Crippen LogP contribution in [0, 0.1) is 0 Å². The molecule has 1 rings (SSSR count). The van der Waals surface area contributed by atoms with Crippen LogP contribution in [0.1, 0.15) is 42.6 Å². The van der Waals surface area contributed by atoms with E-state index in [1.807, 2.05) is 0 Å². The van der Waals surface area contributed by atoms with E-state index in [9.17, 15) is 9.59 Å². The number of esters is 1. The molecule has 0 aromatic heterocycles. The highest BCUT2D eigenvalue weighted by molar-refractivity contribution is 5.88. The van der Waals surface area contributed by atoms with Gasteiger partial charge in [-0.3, -0.25) is 4.79 Å². The molecule has 104 valence electrons. The second-order valence-electron chi connectivity index (χ2n) is 5.25. The number of rotatable bonds is 4. The first-order valence-corrected chi connectivity index (χ1v) is 6.01. The molecule has 0 aliphatic carbocycles. The Balaban J connectivity index is 2.91. The van der Waals surface area contributed by atoms with Gasteiger partial charge in [0, 0.05) is 6.54 Å². The Bertz CT molecular complexity index is 459. The molecule has 1 atom stereocenters. The summed E-state index contributed by atoms with van der Waals surface area (Å²) in [6, 6.07) is 6.07. The van der Waals surface area contributed by atoms with Crippen molar-refractivity contribution in [3.05, 3.63) is 35.4 Å². The van der Waals surface area contributed by atoms with Gasteiger partial charge in [0.15, 0.2) is 0 Å². The zero-order chi connectivity index (χ0) is 14.6. The number of carboxylic acid groups (broad SMARTS) is 1. The number of carbonyl (C=O) groups is 2. The average molecular weight is 265 g/mol. The monoisotopic (exact) mass is 265 g/mol. The van der Waals surface area contributed by atoms with Crippen LogP contribution in [0.5, 0.6) is 0 Å². The Hall–Kier alpha value is -1.88. The normalized spacial score (nSPS) is 12.8. The van der Waals surface area contributed by atoms with E-state index < -0.39 is 23.5 Å². The van der Waals surface area contributed by atoms with Crippen molar-refractivity contribution in [3.63, 3.8) is 0 Å². The molecule has 5 heteroatoms. The van der Waals surface area contributed by atoms with E-state index in [2.05, 4.69) is 0 Å². The van der Waals surface area contributed by atoms with E-state index in [-0.39, 0.29) is 12.1 Å². The van der Waals surface area contributed by atoms with Crippen LogP contribution in [0.3, 0.4) is 0 Å². The minimum Gasteiger partial charge on any atom is -0.478 e. The molecule has 0 aliphatic heterocycles. The van der Waals surface area contributed by atoms with Gasteiger partial charge in [0.25, 0.3) is 0 Å². The Kier molecular flexibility index (Phi) is 4.67. The van der Waals surface area contributed by atoms with Gasteiger partial charge in [-0.15, -0.1) is 0 Å². The lowest BCUT2D eigenvalue weighted by atomic mass is 9.98. The van der Waals surface area contributed by atoms with Gasteiger partial charge in [-0.05, 0) is 38.5 Å². The topological polar surface area (TPSA) is 89.6 Å². The second kappa shape index (κ2) is 5.84. The number of ether oxygens (including phenoxy) is 1. The van der Waals surface area contributed by atoms with E-state index in [1.165, 1.54) is 12.1 Å². The quantitative estimate of drug-likeness (QED) is 0.810. The van der Waals surface area contributed by atoms with Crippen LogP contribution in [0.15, 0.2) is 24.3 Å². The minimum atomic E-state index is -1.01. The molecule has 0 saturated carbocycles. The highest BCUT2D eigenvalue weighted by atomic mass is 16.6. The van der Waals surface area contributed by atoms with Gasteiger partial charge in [-0.1, -0.05) is 12.1 Å². The summed E-state index contributed by atoms with van der Waals surface area (Å²) in [6.45, 7) is 5.46. The van der Waals surface area contributed by atoms with Crippen molar-refractivity contribution in [1.29, 1.82) is 0 Å². The van der Waals surface area contributed by atoms with Gasteiger partial charge in [0.05, 0.1) is 11.5 Å². The van der Waals surface area contributed by atoms with Crippen LogP contribution in [0.25, 0.3) is 0 Å². The van der Waals surface area contributed by atoms with Crippen LogP contribution in [0.2, 0.25) is 0 Å². The Morgan fingerprint density at radius 1 is 1.26 bits per heavy atom. The average Bonchev–Trinajstić information content (AvgIpc) is 2.28. The summed E-state index contributed by atoms with van der Waals surface area (Å²) in [5.74, 6) is -1.99. The fourth-order valence-corrected chi connectivity index (χ4v) is 1.60. The lowest BCUT2D eigenvalue weighted by molar-refractivity contribution is -0.156. The van der Waals surface area contributed by atoms with Crippen LogP contribution in [-0.4, -0.2) is 29.2 Å². The maximum absolute atomic E-state index is 12.0. The van der Waals surface area contributed by atoms with Gasteiger partial charge in [0.1, 0.15) is 5.60 Å². The first kappa shape index (κ1) is 15.2. The van der Waals surface area contributed by atoms with E-state index in [4.69, 9.17) is 15.6 Å². The first-order chi connectivity index (χ1) is 8.74. The van der Waals surface area contributed by atoms with Gasteiger partial charge in [0.2, 0.25) is 0 Å². The van der Waals surface area contributed by atoms with Crippen molar-refractivity contribution in [1.82, 2.24) is 0 Å². The fourth-order valence-electron chi connectivity index (χ4n) is 1.60. The number of nitrogens with two attached hydrogens (primary N) is 1. The second-order valence-corrected chi connectivity index (χ2v) is 5.25. The maximum atomic E-state index is 12.0. The predicted molar refractivity (Wildman–Crippen MR) is 71.0 cm³/mol. The minimum absolute atomic E-state index is 0.112. The number of aromatic carboxylic acids is 1. The summed E-state index contributed by atoms with van der Waals surface area (Å²) >= 11 is 0. The molecule has 3 N–H and O–H groups in total. The number of carboxylic acids is 1. The molecular formula is C14H19NO4. The molecule has 0 fully saturated rings. The standard InChI is InChI=1S/C14H19NO4/c1-14(2,3)19-13(18)11(8-15)9-4-6-10(7-5-9)12(16)17/h4-7,11H,8,15H2,1-3H3,(H,16,17)/t11-/m1/s1. The number of hydrogen-bond donors (Lipinski definition) is 2.